The van der Waals surface area contributed by atoms with E-state index < -0.39 is 5.82 Å². The average molecular weight is 627 g/mol. The van der Waals surface area contributed by atoms with Crippen molar-refractivity contribution < 1.29 is 13.9 Å². The van der Waals surface area contributed by atoms with Crippen molar-refractivity contribution in [2.24, 2.45) is 0 Å². The first-order chi connectivity index (χ1) is 21.4. The number of aromatic nitrogens is 2. The number of fused-ring (bicyclic) bond motifs is 1. The van der Waals surface area contributed by atoms with Crippen LogP contribution in [0.5, 0.6) is 11.5 Å². The summed E-state index contributed by atoms with van der Waals surface area (Å²) in [5, 5.41) is 5.56. The van der Waals surface area contributed by atoms with E-state index in [4.69, 9.17) is 21.9 Å². The lowest BCUT2D eigenvalue weighted by Gasteiger charge is -2.32. The topological polar surface area (TPSA) is 82.6 Å². The van der Waals surface area contributed by atoms with Crippen molar-refractivity contribution in [3.63, 3.8) is 0 Å². The van der Waals surface area contributed by atoms with Gasteiger partial charge in [-0.3, -0.25) is 19.7 Å². The lowest BCUT2D eigenvalue weighted by atomic mass is 10.1. The van der Waals surface area contributed by atoms with Gasteiger partial charge in [-0.15, -0.1) is 11.3 Å². The minimum Gasteiger partial charge on any atom is -0.453 e. The van der Waals surface area contributed by atoms with E-state index in [1.54, 1.807) is 18.3 Å². The third-order valence-electron chi connectivity index (χ3n) is 7.33. The van der Waals surface area contributed by atoms with E-state index in [2.05, 4.69) is 38.5 Å². The van der Waals surface area contributed by atoms with Crippen molar-refractivity contribution in [3.8, 4) is 22.1 Å². The van der Waals surface area contributed by atoms with Crippen molar-refractivity contribution in [3.05, 3.63) is 102 Å². The lowest BCUT2D eigenvalue weighted by Crippen LogP contribution is -2.43. The largest absolute Gasteiger partial charge is 0.453 e. The normalized spacial score (nSPS) is 14.0. The molecule has 0 unspecified atom stereocenters. The minimum atomic E-state index is -0.576. The molecule has 8 nitrogen and oxygen atoms in total. The molecule has 44 heavy (non-hydrogen) atoms. The molecule has 1 fully saturated rings. The number of carbonyl (C=O) groups excluding carboxylic acids is 1. The molecule has 2 aromatic carbocycles. The summed E-state index contributed by atoms with van der Waals surface area (Å²) in [7, 11) is 2.16. The quantitative estimate of drug-likeness (QED) is 0.200. The first-order valence-corrected chi connectivity index (χ1v) is 15.5. The molecule has 0 radical (unpaired) electrons. The Balaban J connectivity index is 1.09. The van der Waals surface area contributed by atoms with Crippen LogP contribution in [-0.2, 0) is 17.8 Å². The van der Waals surface area contributed by atoms with Crippen molar-refractivity contribution >= 4 is 50.5 Å². The summed E-state index contributed by atoms with van der Waals surface area (Å²) in [6, 6.07) is 21.6. The van der Waals surface area contributed by atoms with Gasteiger partial charge in [0.25, 0.3) is 0 Å². The number of anilines is 1. The summed E-state index contributed by atoms with van der Waals surface area (Å²) in [4.78, 5) is 27.3. The summed E-state index contributed by atoms with van der Waals surface area (Å²) >= 11 is 6.75. The van der Waals surface area contributed by atoms with Crippen LogP contribution in [0.1, 0.15) is 11.1 Å². The van der Waals surface area contributed by atoms with E-state index in [1.807, 2.05) is 48.7 Å². The van der Waals surface area contributed by atoms with Crippen LogP contribution in [0.4, 0.5) is 10.1 Å². The minimum absolute atomic E-state index is 0.0587. The molecule has 6 rings (SSSR count). The van der Waals surface area contributed by atoms with Crippen LogP contribution in [0.15, 0.2) is 85.2 Å². The monoisotopic (exact) mass is 626 g/mol. The smallest absolute Gasteiger partial charge is 0.230 e. The fourth-order valence-electron chi connectivity index (χ4n) is 4.94. The molecular formula is C33H31FN6O2S2. The molecule has 0 atom stereocenters. The van der Waals surface area contributed by atoms with Crippen LogP contribution in [-0.4, -0.2) is 64.0 Å². The molecule has 0 spiro atoms. The van der Waals surface area contributed by atoms with Crippen LogP contribution in [0.2, 0.25) is 0 Å². The van der Waals surface area contributed by atoms with Gasteiger partial charge >= 0.3 is 0 Å². The van der Waals surface area contributed by atoms with E-state index >= 15 is 4.39 Å². The van der Waals surface area contributed by atoms with Gasteiger partial charge in [-0.05, 0) is 54.7 Å². The average Bonchev–Trinajstić information content (AvgIpc) is 3.46. The van der Waals surface area contributed by atoms with E-state index in [0.717, 1.165) is 59.1 Å². The van der Waals surface area contributed by atoms with Gasteiger partial charge in [0.2, 0.25) is 5.91 Å². The third-order valence-corrected chi connectivity index (χ3v) is 8.69. The molecule has 1 aliphatic heterocycles. The number of ether oxygens (including phenoxy) is 1. The summed E-state index contributed by atoms with van der Waals surface area (Å²) in [6.45, 7) is 5.17. The third kappa shape index (κ3) is 7.43. The standard InChI is InChI=1S/C33H31FN6O2S2/c1-39-13-15-40(16-14-39)21-23-7-9-26(36-20-23)30-19-27-32(44-30)29(11-12-35-27)42-28-10-8-24(18-25(28)34)37-33(43)38-31(41)17-22-5-3-2-4-6-22/h2-12,18-20H,13-17,21H2,1H3,(H2,37,38,41,43). The molecule has 0 saturated carbocycles. The highest BCUT2D eigenvalue weighted by atomic mass is 32.1. The van der Waals surface area contributed by atoms with Crippen LogP contribution in [0.3, 0.4) is 0 Å². The number of hydrogen-bond acceptors (Lipinski definition) is 8. The Kier molecular flexibility index (Phi) is 9.17. The number of carbonyl (C=O) groups is 1. The van der Waals surface area contributed by atoms with Crippen molar-refractivity contribution in [2.45, 2.75) is 13.0 Å². The van der Waals surface area contributed by atoms with E-state index in [1.165, 1.54) is 29.0 Å². The van der Waals surface area contributed by atoms with Gasteiger partial charge in [-0.2, -0.15) is 0 Å². The molecule has 11 heteroatoms. The first kappa shape index (κ1) is 29.8. The Morgan fingerprint density at radius 3 is 2.55 bits per heavy atom. The number of thiocarbonyl (C=S) groups is 1. The van der Waals surface area contributed by atoms with Gasteiger partial charge in [0.1, 0.15) is 5.75 Å². The number of benzene rings is 2. The fourth-order valence-corrected chi connectivity index (χ4v) is 6.22. The summed E-state index contributed by atoms with van der Waals surface area (Å²) < 4.78 is 21.9. The zero-order valence-electron chi connectivity index (χ0n) is 24.1. The molecule has 0 aliphatic carbocycles. The number of halogens is 1. The van der Waals surface area contributed by atoms with Crippen molar-refractivity contribution in [1.82, 2.24) is 25.1 Å². The predicted molar refractivity (Wildman–Crippen MR) is 177 cm³/mol. The molecule has 1 saturated heterocycles. The summed E-state index contributed by atoms with van der Waals surface area (Å²) in [6.07, 6.45) is 3.77. The van der Waals surface area contributed by atoms with Crippen LogP contribution in [0.25, 0.3) is 20.8 Å². The predicted octanol–water partition coefficient (Wildman–Crippen LogP) is 6.09. The summed E-state index contributed by atoms with van der Waals surface area (Å²) in [5.74, 6) is -0.277. The Bertz CT molecular complexity index is 1770. The van der Waals surface area contributed by atoms with Crippen molar-refractivity contribution in [1.29, 1.82) is 0 Å². The number of pyridine rings is 2. The van der Waals surface area contributed by atoms with Crippen LogP contribution in [0, 0.1) is 5.82 Å². The molecule has 0 bridgehead atoms. The van der Waals surface area contributed by atoms with Gasteiger partial charge < -0.3 is 20.3 Å². The Labute approximate surface area is 264 Å². The van der Waals surface area contributed by atoms with E-state index in [9.17, 15) is 4.79 Å². The van der Waals surface area contributed by atoms with Gasteiger partial charge in [0, 0.05) is 62.9 Å². The zero-order valence-corrected chi connectivity index (χ0v) is 25.8. The number of rotatable bonds is 8. The number of thiophene rings is 1. The van der Waals surface area contributed by atoms with Crippen molar-refractivity contribution in [2.75, 3.05) is 38.5 Å². The Morgan fingerprint density at radius 2 is 1.80 bits per heavy atom. The summed E-state index contributed by atoms with van der Waals surface area (Å²) in [5.41, 5.74) is 4.05. The van der Waals surface area contributed by atoms with Gasteiger partial charge in [0.15, 0.2) is 16.7 Å². The fraction of sp³-hybridized carbons (Fsp3) is 0.212. The van der Waals surface area contributed by atoms with E-state index in [-0.39, 0.29) is 23.2 Å². The molecule has 2 N–H and O–H groups in total. The van der Waals surface area contributed by atoms with Crippen LogP contribution < -0.4 is 15.4 Å². The second-order valence-electron chi connectivity index (χ2n) is 10.7. The molecule has 1 aliphatic rings. The lowest BCUT2D eigenvalue weighted by molar-refractivity contribution is -0.119. The molecule has 3 aromatic heterocycles. The molecule has 224 valence electrons. The van der Waals surface area contributed by atoms with Gasteiger partial charge in [0.05, 0.1) is 27.2 Å². The number of hydrogen-bond donors (Lipinski definition) is 2. The Hall–Kier alpha value is -4.29. The number of likely N-dealkylation sites (N-methyl/N-ethyl adjacent to an activating group) is 1. The second-order valence-corrected chi connectivity index (χ2v) is 12.1. The highest BCUT2D eigenvalue weighted by Gasteiger charge is 2.16. The maximum atomic E-state index is 15.1. The highest BCUT2D eigenvalue weighted by molar-refractivity contribution is 7.80. The SMILES string of the molecule is CN1CCN(Cc2ccc(-c3cc4nccc(Oc5ccc(NC(=S)NC(=O)Cc6ccccc6)cc5F)c4s3)nc2)CC1. The number of nitrogens with one attached hydrogen (secondary N) is 2. The zero-order chi connectivity index (χ0) is 30.5. The molecular weight excluding hydrogens is 596 g/mol. The first-order valence-electron chi connectivity index (χ1n) is 14.3. The highest BCUT2D eigenvalue weighted by Crippen LogP contribution is 2.39. The van der Waals surface area contributed by atoms with Gasteiger partial charge in [-0.25, -0.2) is 4.39 Å². The number of piperazine rings is 1. The van der Waals surface area contributed by atoms with Gasteiger partial charge in [-0.1, -0.05) is 36.4 Å². The maximum Gasteiger partial charge on any atom is 0.230 e. The number of nitrogens with zero attached hydrogens (tertiary/aromatic N) is 4. The van der Waals surface area contributed by atoms with Crippen LogP contribution >= 0.6 is 23.6 Å². The van der Waals surface area contributed by atoms with E-state index in [0.29, 0.717) is 11.4 Å². The molecule has 5 aromatic rings. The maximum absolute atomic E-state index is 15.1. The number of amides is 1. The second kappa shape index (κ2) is 13.6. The molecule has 1 amide bonds. The Morgan fingerprint density at radius 1 is 0.977 bits per heavy atom. The molecule has 4 heterocycles.